The maximum Gasteiger partial charge on any atom is 0.418 e. The van der Waals surface area contributed by atoms with Crippen molar-refractivity contribution in [3.63, 3.8) is 0 Å². The van der Waals surface area contributed by atoms with Gasteiger partial charge in [-0.2, -0.15) is 18.3 Å². The molecule has 0 aliphatic rings. The Morgan fingerprint density at radius 2 is 1.53 bits per heavy atom. The molecule has 0 atom stereocenters. The second-order valence-electron chi connectivity index (χ2n) is 8.89. The molecule has 8 heteroatoms. The number of carboxylic acid groups (broad SMARTS) is 1. The Bertz CT molecular complexity index is 1580. The number of carbonyl (C=O) groups is 1. The van der Waals surface area contributed by atoms with Gasteiger partial charge in [-0.15, -0.1) is 0 Å². The Morgan fingerprint density at radius 3 is 2.24 bits per heavy atom. The molecule has 0 bridgehead atoms. The molecule has 4 aromatic carbocycles. The summed E-state index contributed by atoms with van der Waals surface area (Å²) in [5, 5.41) is 13.8. The average molecular weight is 517 g/mol. The zero-order valence-electron chi connectivity index (χ0n) is 20.2. The second kappa shape index (κ2) is 10.4. The molecule has 0 amide bonds. The largest absolute Gasteiger partial charge is 0.489 e. The first-order valence-corrected chi connectivity index (χ1v) is 11.9. The van der Waals surface area contributed by atoms with E-state index in [1.165, 1.54) is 6.07 Å². The molecule has 1 heterocycles. The van der Waals surface area contributed by atoms with Gasteiger partial charge in [-0.05, 0) is 47.0 Å². The highest BCUT2D eigenvalue weighted by atomic mass is 19.4. The van der Waals surface area contributed by atoms with Crippen molar-refractivity contribution in [3.05, 3.63) is 119 Å². The van der Waals surface area contributed by atoms with Gasteiger partial charge in [-0.3, -0.25) is 9.48 Å². The number of ether oxygens (including phenoxy) is 1. The van der Waals surface area contributed by atoms with Crippen LogP contribution < -0.4 is 4.74 Å². The first-order valence-electron chi connectivity index (χ1n) is 11.9. The smallest absolute Gasteiger partial charge is 0.418 e. The normalized spacial score (nSPS) is 11.6. The molecular formula is C30H23F3N2O3. The Balaban J connectivity index is 1.46. The van der Waals surface area contributed by atoms with Crippen LogP contribution in [0.15, 0.2) is 97.1 Å². The van der Waals surface area contributed by atoms with E-state index in [9.17, 15) is 18.0 Å². The van der Waals surface area contributed by atoms with Crippen molar-refractivity contribution in [2.24, 2.45) is 0 Å². The Labute approximate surface area is 216 Å². The zero-order chi connectivity index (χ0) is 26.7. The quantitative estimate of drug-likeness (QED) is 0.242. The van der Waals surface area contributed by atoms with Gasteiger partial charge in [0, 0.05) is 10.9 Å². The van der Waals surface area contributed by atoms with Gasteiger partial charge in [0.15, 0.2) is 0 Å². The van der Waals surface area contributed by atoms with E-state index in [0.717, 1.165) is 17.2 Å². The van der Waals surface area contributed by atoms with Crippen LogP contribution in [0, 0.1) is 0 Å². The standard InChI is InChI=1S/C30H23F3N2O3/c31-30(32,33)26-11-5-10-25-28(26)34-35(18-20-6-2-1-3-7-20)29(25)23-12-14-24(15-13-23)38-19-22-9-4-8-21(16-22)17-27(36)37/h1-16H,17-19H2,(H,36,37). The van der Waals surface area contributed by atoms with Gasteiger partial charge in [0.2, 0.25) is 0 Å². The lowest BCUT2D eigenvalue weighted by molar-refractivity contribution is -0.137. The highest BCUT2D eigenvalue weighted by molar-refractivity contribution is 5.95. The van der Waals surface area contributed by atoms with Gasteiger partial charge in [-0.25, -0.2) is 0 Å². The first kappa shape index (κ1) is 25.1. The Morgan fingerprint density at radius 1 is 0.842 bits per heavy atom. The van der Waals surface area contributed by atoms with Gasteiger partial charge >= 0.3 is 12.1 Å². The molecule has 0 aliphatic carbocycles. The highest BCUT2D eigenvalue weighted by Crippen LogP contribution is 2.38. The van der Waals surface area contributed by atoms with Gasteiger partial charge < -0.3 is 9.84 Å². The molecule has 0 radical (unpaired) electrons. The van der Waals surface area contributed by atoms with Gasteiger partial charge in [0.05, 0.1) is 24.2 Å². The van der Waals surface area contributed by atoms with Gasteiger partial charge in [-0.1, -0.05) is 66.7 Å². The number of rotatable bonds is 8. The molecule has 0 spiro atoms. The second-order valence-corrected chi connectivity index (χ2v) is 8.89. The van der Waals surface area contributed by atoms with Gasteiger partial charge in [0.25, 0.3) is 0 Å². The fraction of sp³-hybridized carbons (Fsp3) is 0.133. The molecule has 192 valence electrons. The summed E-state index contributed by atoms with van der Waals surface area (Å²) >= 11 is 0. The number of benzene rings is 4. The van der Waals surface area contributed by atoms with Crippen LogP contribution in [0.4, 0.5) is 13.2 Å². The summed E-state index contributed by atoms with van der Waals surface area (Å²) in [6, 6.07) is 27.9. The molecular weight excluding hydrogens is 493 g/mol. The number of aliphatic carboxylic acids is 1. The third kappa shape index (κ3) is 5.54. The molecule has 1 N–H and O–H groups in total. The summed E-state index contributed by atoms with van der Waals surface area (Å²) in [4.78, 5) is 11.0. The zero-order valence-corrected chi connectivity index (χ0v) is 20.2. The minimum atomic E-state index is -4.53. The van der Waals surface area contributed by atoms with Crippen molar-refractivity contribution in [3.8, 4) is 17.0 Å². The SMILES string of the molecule is O=C(O)Cc1cccc(COc2ccc(-c3c4cccc(C(F)(F)F)c4nn3Cc3ccccc3)cc2)c1. The number of carboxylic acids is 1. The van der Waals surface area contributed by atoms with Crippen molar-refractivity contribution in [1.29, 1.82) is 0 Å². The van der Waals surface area contributed by atoms with Crippen LogP contribution in [0.5, 0.6) is 5.75 Å². The predicted molar refractivity (Wildman–Crippen MR) is 138 cm³/mol. The minimum absolute atomic E-state index is 0.0663. The molecule has 5 rings (SSSR count). The highest BCUT2D eigenvalue weighted by Gasteiger charge is 2.34. The van der Waals surface area contributed by atoms with Crippen LogP contribution in [0.3, 0.4) is 0 Å². The summed E-state index contributed by atoms with van der Waals surface area (Å²) in [5.41, 5.74) is 2.87. The number of hydrogen-bond acceptors (Lipinski definition) is 3. The molecule has 0 unspecified atom stereocenters. The van der Waals surface area contributed by atoms with E-state index in [0.29, 0.717) is 34.5 Å². The Kier molecular flexibility index (Phi) is 6.87. The van der Waals surface area contributed by atoms with E-state index in [1.807, 2.05) is 36.4 Å². The van der Waals surface area contributed by atoms with Crippen LogP contribution in [0.25, 0.3) is 22.2 Å². The van der Waals surface area contributed by atoms with Gasteiger partial charge in [0.1, 0.15) is 17.9 Å². The van der Waals surface area contributed by atoms with E-state index in [1.54, 1.807) is 53.2 Å². The summed E-state index contributed by atoms with van der Waals surface area (Å²) in [6.07, 6.45) is -4.59. The molecule has 0 saturated heterocycles. The predicted octanol–water partition coefficient (Wildman–Crippen LogP) is 6.98. The fourth-order valence-electron chi connectivity index (χ4n) is 4.44. The monoisotopic (exact) mass is 516 g/mol. The van der Waals surface area contributed by atoms with E-state index in [-0.39, 0.29) is 18.5 Å². The molecule has 0 fully saturated rings. The molecule has 5 nitrogen and oxygen atoms in total. The van der Waals surface area contributed by atoms with E-state index in [4.69, 9.17) is 9.84 Å². The maximum absolute atomic E-state index is 13.8. The lowest BCUT2D eigenvalue weighted by Gasteiger charge is -2.11. The van der Waals surface area contributed by atoms with Crippen molar-refractivity contribution in [2.45, 2.75) is 25.7 Å². The number of nitrogens with zero attached hydrogens (tertiary/aromatic N) is 2. The average Bonchev–Trinajstić information content (AvgIpc) is 3.25. The van der Waals surface area contributed by atoms with Crippen molar-refractivity contribution in [2.75, 3.05) is 0 Å². The van der Waals surface area contributed by atoms with Crippen molar-refractivity contribution >= 4 is 16.9 Å². The van der Waals surface area contributed by atoms with Crippen LogP contribution in [0.1, 0.15) is 22.3 Å². The van der Waals surface area contributed by atoms with E-state index in [2.05, 4.69) is 5.10 Å². The van der Waals surface area contributed by atoms with Crippen LogP contribution in [-0.4, -0.2) is 20.9 Å². The van der Waals surface area contributed by atoms with Crippen molar-refractivity contribution in [1.82, 2.24) is 9.78 Å². The van der Waals surface area contributed by atoms with E-state index < -0.39 is 17.7 Å². The van der Waals surface area contributed by atoms with Crippen LogP contribution >= 0.6 is 0 Å². The summed E-state index contributed by atoms with van der Waals surface area (Å²) < 4.78 is 48.8. The number of halogens is 3. The van der Waals surface area contributed by atoms with Crippen LogP contribution in [-0.2, 0) is 30.5 Å². The number of fused-ring (bicyclic) bond motifs is 1. The van der Waals surface area contributed by atoms with Crippen LogP contribution in [0.2, 0.25) is 0 Å². The first-order chi connectivity index (χ1) is 18.3. The topological polar surface area (TPSA) is 64.3 Å². The number of hydrogen-bond donors (Lipinski definition) is 1. The summed E-state index contributed by atoms with van der Waals surface area (Å²) in [7, 11) is 0. The molecule has 0 saturated carbocycles. The molecule has 38 heavy (non-hydrogen) atoms. The fourth-order valence-corrected chi connectivity index (χ4v) is 4.44. The summed E-state index contributed by atoms with van der Waals surface area (Å²) in [5.74, 6) is -0.327. The maximum atomic E-state index is 13.8. The third-order valence-corrected chi connectivity index (χ3v) is 6.13. The Hall–Kier alpha value is -4.59. The summed E-state index contributed by atoms with van der Waals surface area (Å²) in [6.45, 7) is 0.559. The molecule has 0 aliphatic heterocycles. The molecule has 5 aromatic rings. The minimum Gasteiger partial charge on any atom is -0.489 e. The lowest BCUT2D eigenvalue weighted by Crippen LogP contribution is -2.06. The molecule has 1 aromatic heterocycles. The third-order valence-electron chi connectivity index (χ3n) is 6.13. The number of alkyl halides is 3. The van der Waals surface area contributed by atoms with E-state index >= 15 is 0 Å². The number of aromatic nitrogens is 2. The van der Waals surface area contributed by atoms with Crippen molar-refractivity contribution < 1.29 is 27.8 Å². The lowest BCUT2D eigenvalue weighted by atomic mass is 10.0.